The van der Waals surface area contributed by atoms with E-state index in [1.165, 1.54) is 0 Å². The third kappa shape index (κ3) is 6.58. The molecule has 1 aromatic carbocycles. The highest BCUT2D eigenvalue weighted by Gasteiger charge is 2.31. The summed E-state index contributed by atoms with van der Waals surface area (Å²) in [4.78, 5) is 28.8. The number of aromatic nitrogens is 1. The molecular weight excluding hydrogens is 390 g/mol. The molecule has 0 radical (unpaired) electrons. The van der Waals surface area contributed by atoms with Crippen molar-refractivity contribution in [2.24, 2.45) is 0 Å². The van der Waals surface area contributed by atoms with Crippen molar-refractivity contribution in [3.8, 4) is 0 Å². The number of carbonyl (C=O) groups excluding carboxylic acids is 2. The number of nitrogens with zero attached hydrogens (tertiary/aromatic N) is 2. The van der Waals surface area contributed by atoms with Crippen molar-refractivity contribution < 1.29 is 14.7 Å². The molecule has 1 aliphatic heterocycles. The Morgan fingerprint density at radius 2 is 2.06 bits per heavy atom. The molecule has 0 aliphatic carbocycles. The summed E-state index contributed by atoms with van der Waals surface area (Å²) in [7, 11) is 0. The van der Waals surface area contributed by atoms with Gasteiger partial charge in [-0.3, -0.25) is 19.9 Å². The summed E-state index contributed by atoms with van der Waals surface area (Å²) >= 11 is 0. The van der Waals surface area contributed by atoms with Crippen LogP contribution in [0.2, 0.25) is 0 Å². The van der Waals surface area contributed by atoms with Crippen LogP contribution in [0.3, 0.4) is 0 Å². The SMILES string of the molecule is CC.CCN1CCCC(O)(c2ccc3ncc(C(C)CCC(=O)NC=O)cc3c2)CC1. The van der Waals surface area contributed by atoms with Crippen LogP contribution >= 0.6 is 0 Å². The molecule has 170 valence electrons. The minimum absolute atomic E-state index is 0.145. The molecule has 3 rings (SSSR count). The van der Waals surface area contributed by atoms with E-state index in [-0.39, 0.29) is 11.8 Å². The lowest BCUT2D eigenvalue weighted by Crippen LogP contribution is -2.29. The van der Waals surface area contributed by atoms with Crippen molar-refractivity contribution in [2.75, 3.05) is 19.6 Å². The topological polar surface area (TPSA) is 82.5 Å². The molecule has 31 heavy (non-hydrogen) atoms. The number of likely N-dealkylation sites (tertiary alicyclic amines) is 1. The zero-order chi connectivity index (χ0) is 22.9. The molecule has 2 N–H and O–H groups in total. The molecular formula is C25H37N3O3. The van der Waals surface area contributed by atoms with Crippen LogP contribution in [0.4, 0.5) is 0 Å². The molecule has 0 bridgehead atoms. The molecule has 1 aromatic heterocycles. The number of rotatable bonds is 7. The van der Waals surface area contributed by atoms with Crippen LogP contribution in [0, 0.1) is 0 Å². The number of hydrogen-bond donors (Lipinski definition) is 2. The number of fused-ring (bicyclic) bond motifs is 1. The number of benzene rings is 1. The first-order valence-electron chi connectivity index (χ1n) is 11.5. The maximum atomic E-state index is 11.5. The van der Waals surface area contributed by atoms with Gasteiger partial charge in [0.1, 0.15) is 0 Å². The number of imide groups is 1. The second-order valence-electron chi connectivity index (χ2n) is 8.12. The highest BCUT2D eigenvalue weighted by atomic mass is 16.3. The Bertz CT molecular complexity index is 870. The highest BCUT2D eigenvalue weighted by molar-refractivity contribution is 5.85. The second kappa shape index (κ2) is 11.9. The molecule has 6 heteroatoms. The van der Waals surface area contributed by atoms with Gasteiger partial charge in [0, 0.05) is 24.5 Å². The van der Waals surface area contributed by atoms with E-state index in [2.05, 4.69) is 41.2 Å². The van der Waals surface area contributed by atoms with Crippen LogP contribution in [0.25, 0.3) is 10.9 Å². The average Bonchev–Trinajstić information content (AvgIpc) is 3.00. The lowest BCUT2D eigenvalue weighted by Gasteiger charge is -2.28. The van der Waals surface area contributed by atoms with Gasteiger partial charge in [0.25, 0.3) is 0 Å². The van der Waals surface area contributed by atoms with Crippen molar-refractivity contribution >= 4 is 23.2 Å². The number of amides is 2. The van der Waals surface area contributed by atoms with E-state index in [0.717, 1.165) is 60.9 Å². The van der Waals surface area contributed by atoms with Gasteiger partial charge >= 0.3 is 0 Å². The van der Waals surface area contributed by atoms with E-state index in [1.54, 1.807) is 0 Å². The predicted molar refractivity (Wildman–Crippen MR) is 125 cm³/mol. The molecule has 0 saturated carbocycles. The number of carbonyl (C=O) groups is 2. The number of pyridine rings is 1. The molecule has 6 nitrogen and oxygen atoms in total. The lowest BCUT2D eigenvalue weighted by atomic mass is 9.86. The molecule has 2 unspecified atom stereocenters. The summed E-state index contributed by atoms with van der Waals surface area (Å²) in [6.45, 7) is 11.2. The first-order chi connectivity index (χ1) is 14.9. The van der Waals surface area contributed by atoms with Crippen LogP contribution in [0.1, 0.15) is 76.8 Å². The standard InChI is InChI=1S/C23H31N3O3.C2H6/c1-3-26-11-4-9-23(29,10-12-26)20-6-7-21-18(14-20)13-19(15-24-21)17(2)5-8-22(28)25-16-27;1-2/h6-7,13-17,29H,3-5,8-12H2,1-2H3,(H,25,27,28);1-2H3. The first-order valence-corrected chi connectivity index (χ1v) is 11.5. The third-order valence-electron chi connectivity index (χ3n) is 6.19. The van der Waals surface area contributed by atoms with Crippen LogP contribution < -0.4 is 5.32 Å². The molecule has 2 atom stereocenters. The monoisotopic (exact) mass is 427 g/mol. The Kier molecular flexibility index (Phi) is 9.59. The van der Waals surface area contributed by atoms with Gasteiger partial charge in [-0.15, -0.1) is 0 Å². The zero-order valence-electron chi connectivity index (χ0n) is 19.4. The van der Waals surface area contributed by atoms with Crippen molar-refractivity contribution in [1.29, 1.82) is 0 Å². The molecule has 1 saturated heterocycles. The van der Waals surface area contributed by atoms with Crippen LogP contribution in [-0.4, -0.2) is 46.9 Å². The van der Waals surface area contributed by atoms with Gasteiger partial charge in [0.05, 0.1) is 11.1 Å². The van der Waals surface area contributed by atoms with E-state index in [9.17, 15) is 14.7 Å². The Morgan fingerprint density at radius 3 is 2.77 bits per heavy atom. The van der Waals surface area contributed by atoms with Gasteiger partial charge in [-0.2, -0.15) is 0 Å². The fourth-order valence-corrected chi connectivity index (χ4v) is 4.14. The van der Waals surface area contributed by atoms with Crippen LogP contribution in [0.15, 0.2) is 30.5 Å². The van der Waals surface area contributed by atoms with Crippen molar-refractivity contribution in [2.45, 2.75) is 71.3 Å². The third-order valence-corrected chi connectivity index (χ3v) is 6.19. The van der Waals surface area contributed by atoms with Crippen molar-refractivity contribution in [1.82, 2.24) is 15.2 Å². The van der Waals surface area contributed by atoms with Gasteiger partial charge in [-0.05, 0) is 74.0 Å². The second-order valence-corrected chi connectivity index (χ2v) is 8.12. The number of aliphatic hydroxyl groups is 1. The van der Waals surface area contributed by atoms with Gasteiger partial charge in [0.15, 0.2) is 0 Å². The first kappa shape index (κ1) is 25.0. The van der Waals surface area contributed by atoms with Crippen LogP contribution in [-0.2, 0) is 15.2 Å². The Labute approximate surface area is 186 Å². The summed E-state index contributed by atoms with van der Waals surface area (Å²) in [5, 5.41) is 14.5. The number of hydrogen-bond acceptors (Lipinski definition) is 5. The van der Waals surface area contributed by atoms with E-state index in [4.69, 9.17) is 0 Å². The Hall–Kier alpha value is -2.31. The van der Waals surface area contributed by atoms with E-state index in [0.29, 0.717) is 19.3 Å². The Balaban J connectivity index is 0.00000166. The van der Waals surface area contributed by atoms with E-state index >= 15 is 0 Å². The van der Waals surface area contributed by atoms with Gasteiger partial charge in [0.2, 0.25) is 12.3 Å². The van der Waals surface area contributed by atoms with Crippen molar-refractivity contribution in [3.05, 3.63) is 41.6 Å². The summed E-state index contributed by atoms with van der Waals surface area (Å²) in [5.74, 6) is -0.119. The fourth-order valence-electron chi connectivity index (χ4n) is 4.14. The maximum Gasteiger partial charge on any atom is 0.226 e. The zero-order valence-corrected chi connectivity index (χ0v) is 19.4. The smallest absolute Gasteiger partial charge is 0.226 e. The van der Waals surface area contributed by atoms with Gasteiger partial charge < -0.3 is 10.0 Å². The Morgan fingerprint density at radius 1 is 1.29 bits per heavy atom. The lowest BCUT2D eigenvalue weighted by molar-refractivity contribution is -0.125. The normalized spacial score (nSPS) is 20.3. The average molecular weight is 428 g/mol. The number of nitrogens with one attached hydrogen (secondary N) is 1. The largest absolute Gasteiger partial charge is 0.385 e. The molecule has 2 amide bonds. The summed E-state index contributed by atoms with van der Waals surface area (Å²) < 4.78 is 0. The summed E-state index contributed by atoms with van der Waals surface area (Å²) in [6.07, 6.45) is 5.70. The minimum atomic E-state index is -0.799. The quantitative estimate of drug-likeness (QED) is 0.650. The van der Waals surface area contributed by atoms with Crippen molar-refractivity contribution in [3.63, 3.8) is 0 Å². The summed E-state index contributed by atoms with van der Waals surface area (Å²) in [5.41, 5.74) is 2.11. The summed E-state index contributed by atoms with van der Waals surface area (Å²) in [6, 6.07) is 8.16. The molecule has 2 heterocycles. The van der Waals surface area contributed by atoms with Gasteiger partial charge in [-0.1, -0.05) is 33.8 Å². The highest BCUT2D eigenvalue weighted by Crippen LogP contribution is 2.34. The molecule has 1 fully saturated rings. The predicted octanol–water partition coefficient (Wildman–Crippen LogP) is 4.11. The van der Waals surface area contributed by atoms with Gasteiger partial charge in [-0.25, -0.2) is 0 Å². The minimum Gasteiger partial charge on any atom is -0.385 e. The molecule has 1 aliphatic rings. The molecule has 2 aromatic rings. The maximum absolute atomic E-state index is 11.5. The van der Waals surface area contributed by atoms with Crippen LogP contribution in [0.5, 0.6) is 0 Å². The van der Waals surface area contributed by atoms with E-state index < -0.39 is 5.60 Å². The fraction of sp³-hybridized carbons (Fsp3) is 0.560. The molecule has 0 spiro atoms. The van der Waals surface area contributed by atoms with E-state index in [1.807, 2.05) is 32.2 Å².